The van der Waals surface area contributed by atoms with E-state index in [4.69, 9.17) is 5.73 Å². The molecule has 0 saturated heterocycles. The van der Waals surface area contributed by atoms with Crippen molar-refractivity contribution < 1.29 is 22.8 Å². The number of aromatic amines is 1. The van der Waals surface area contributed by atoms with Crippen LogP contribution in [0.5, 0.6) is 0 Å². The van der Waals surface area contributed by atoms with Crippen molar-refractivity contribution in [2.75, 3.05) is 5.32 Å². The molecule has 1 aliphatic carbocycles. The van der Waals surface area contributed by atoms with E-state index in [-0.39, 0.29) is 17.1 Å². The van der Waals surface area contributed by atoms with Gasteiger partial charge in [-0.2, -0.15) is 13.2 Å². The fourth-order valence-corrected chi connectivity index (χ4v) is 3.13. The molecule has 4 N–H and O–H groups in total. The van der Waals surface area contributed by atoms with Crippen LogP contribution in [0, 0.1) is 5.41 Å². The molecule has 1 aliphatic rings. The van der Waals surface area contributed by atoms with Gasteiger partial charge in [-0.25, -0.2) is 4.98 Å². The Morgan fingerprint density at radius 1 is 1.14 bits per heavy atom. The summed E-state index contributed by atoms with van der Waals surface area (Å²) in [5.74, 6) is -1.03. The van der Waals surface area contributed by atoms with E-state index >= 15 is 0 Å². The number of rotatable bonds is 4. The maximum absolute atomic E-state index is 13.3. The fourth-order valence-electron chi connectivity index (χ4n) is 3.13. The van der Waals surface area contributed by atoms with Crippen LogP contribution in [0.2, 0.25) is 0 Å². The predicted molar refractivity (Wildman–Crippen MR) is 96.0 cm³/mol. The quantitative estimate of drug-likeness (QED) is 0.597. The van der Waals surface area contributed by atoms with E-state index in [1.54, 1.807) is 12.1 Å². The van der Waals surface area contributed by atoms with E-state index in [0.29, 0.717) is 23.9 Å². The summed E-state index contributed by atoms with van der Waals surface area (Å²) >= 11 is 0. The molecule has 0 aliphatic heterocycles. The van der Waals surface area contributed by atoms with Crippen LogP contribution in [-0.2, 0) is 15.8 Å². The van der Waals surface area contributed by atoms with E-state index < -0.39 is 29.0 Å². The van der Waals surface area contributed by atoms with Gasteiger partial charge in [-0.1, -0.05) is 18.2 Å². The van der Waals surface area contributed by atoms with Gasteiger partial charge in [-0.3, -0.25) is 9.59 Å². The van der Waals surface area contributed by atoms with Gasteiger partial charge >= 0.3 is 6.18 Å². The van der Waals surface area contributed by atoms with Gasteiger partial charge in [-0.15, -0.1) is 0 Å². The molecule has 0 radical (unpaired) electrons. The van der Waals surface area contributed by atoms with Gasteiger partial charge in [-0.05, 0) is 37.1 Å². The van der Waals surface area contributed by atoms with E-state index in [1.807, 2.05) is 0 Å². The standard InChI is InChI=1S/C19H15F3N4O2/c20-19(21,22)12-4-2-1-3-11(12)13-9-10-5-6-14(25-15(10)24-13)26-17(28)18(7-8-18)16(23)27/h1-6,9H,7-8H2,(H2,23,27)(H2,24,25,26,28). The molecule has 2 aromatic heterocycles. The van der Waals surface area contributed by atoms with Gasteiger partial charge < -0.3 is 16.0 Å². The number of benzene rings is 1. The first-order valence-corrected chi connectivity index (χ1v) is 8.48. The van der Waals surface area contributed by atoms with Crippen LogP contribution in [0.4, 0.5) is 19.0 Å². The Morgan fingerprint density at radius 2 is 1.86 bits per heavy atom. The molecule has 28 heavy (non-hydrogen) atoms. The number of fused-ring (bicyclic) bond motifs is 1. The molecular weight excluding hydrogens is 373 g/mol. The molecule has 1 saturated carbocycles. The number of hydrogen-bond donors (Lipinski definition) is 3. The molecule has 2 heterocycles. The van der Waals surface area contributed by atoms with Crippen LogP contribution in [0.15, 0.2) is 42.5 Å². The van der Waals surface area contributed by atoms with Gasteiger partial charge in [0.25, 0.3) is 0 Å². The number of carbonyl (C=O) groups is 2. The number of nitrogens with zero attached hydrogens (tertiary/aromatic N) is 1. The van der Waals surface area contributed by atoms with Crippen molar-refractivity contribution in [3.63, 3.8) is 0 Å². The Balaban J connectivity index is 1.67. The zero-order chi connectivity index (χ0) is 20.1. The molecule has 0 bridgehead atoms. The van der Waals surface area contributed by atoms with E-state index in [9.17, 15) is 22.8 Å². The summed E-state index contributed by atoms with van der Waals surface area (Å²) in [6, 6.07) is 9.94. The van der Waals surface area contributed by atoms with Gasteiger partial charge in [0.1, 0.15) is 16.9 Å². The minimum absolute atomic E-state index is 0.00393. The molecule has 3 aromatic rings. The van der Waals surface area contributed by atoms with Crippen LogP contribution in [-0.4, -0.2) is 21.8 Å². The van der Waals surface area contributed by atoms with Crippen LogP contribution in [0.1, 0.15) is 18.4 Å². The molecule has 4 rings (SSSR count). The number of alkyl halides is 3. The number of primary amides is 1. The Kier molecular flexibility index (Phi) is 3.91. The minimum atomic E-state index is -4.49. The van der Waals surface area contributed by atoms with E-state index in [1.165, 1.54) is 24.3 Å². The number of halogens is 3. The Labute approximate surface area is 156 Å². The normalized spacial score (nSPS) is 15.4. The number of amides is 2. The minimum Gasteiger partial charge on any atom is -0.369 e. The van der Waals surface area contributed by atoms with Crippen molar-refractivity contribution in [3.05, 3.63) is 48.0 Å². The lowest BCUT2D eigenvalue weighted by Crippen LogP contribution is -2.36. The molecule has 0 unspecified atom stereocenters. The first-order valence-electron chi connectivity index (χ1n) is 8.48. The summed E-state index contributed by atoms with van der Waals surface area (Å²) < 4.78 is 39.8. The SMILES string of the molecule is NC(=O)C1(C(=O)Nc2ccc3cc(-c4ccccc4C(F)(F)F)[nH]c3n2)CC1. The van der Waals surface area contributed by atoms with Gasteiger partial charge in [0, 0.05) is 16.6 Å². The van der Waals surface area contributed by atoms with E-state index in [2.05, 4.69) is 15.3 Å². The average molecular weight is 388 g/mol. The number of nitrogens with one attached hydrogen (secondary N) is 2. The highest BCUT2D eigenvalue weighted by atomic mass is 19.4. The summed E-state index contributed by atoms with van der Waals surface area (Å²) in [5, 5.41) is 3.14. The molecular formula is C19H15F3N4O2. The second kappa shape index (κ2) is 6.08. The Bertz CT molecular complexity index is 1100. The van der Waals surface area contributed by atoms with Crippen molar-refractivity contribution in [1.82, 2.24) is 9.97 Å². The summed E-state index contributed by atoms with van der Waals surface area (Å²) in [4.78, 5) is 30.8. The summed E-state index contributed by atoms with van der Waals surface area (Å²) in [7, 11) is 0. The lowest BCUT2D eigenvalue weighted by Gasteiger charge is -2.11. The lowest BCUT2D eigenvalue weighted by molar-refractivity contribution is -0.137. The molecule has 6 nitrogen and oxygen atoms in total. The second-order valence-corrected chi connectivity index (χ2v) is 6.76. The third-order valence-corrected chi connectivity index (χ3v) is 4.90. The Morgan fingerprint density at radius 3 is 2.50 bits per heavy atom. The topological polar surface area (TPSA) is 101 Å². The van der Waals surface area contributed by atoms with Crippen molar-refractivity contribution in [2.45, 2.75) is 19.0 Å². The monoisotopic (exact) mass is 388 g/mol. The van der Waals surface area contributed by atoms with Crippen LogP contribution in [0.25, 0.3) is 22.3 Å². The number of carbonyl (C=O) groups excluding carboxylic acids is 2. The second-order valence-electron chi connectivity index (χ2n) is 6.76. The largest absolute Gasteiger partial charge is 0.417 e. The molecule has 0 spiro atoms. The predicted octanol–water partition coefficient (Wildman–Crippen LogP) is 3.45. The maximum atomic E-state index is 13.3. The number of anilines is 1. The molecule has 2 amide bonds. The average Bonchev–Trinajstić information content (AvgIpc) is 3.35. The molecule has 1 aromatic carbocycles. The first kappa shape index (κ1) is 18.0. The molecule has 144 valence electrons. The fraction of sp³-hybridized carbons (Fsp3) is 0.211. The molecule has 0 atom stereocenters. The number of hydrogen-bond acceptors (Lipinski definition) is 3. The van der Waals surface area contributed by atoms with Crippen LogP contribution in [0.3, 0.4) is 0 Å². The van der Waals surface area contributed by atoms with Crippen molar-refractivity contribution in [2.24, 2.45) is 11.1 Å². The van der Waals surface area contributed by atoms with Gasteiger partial charge in [0.05, 0.1) is 5.56 Å². The highest BCUT2D eigenvalue weighted by Gasteiger charge is 2.55. The van der Waals surface area contributed by atoms with Gasteiger partial charge in [0.15, 0.2) is 0 Å². The number of aromatic nitrogens is 2. The number of pyridine rings is 1. The van der Waals surface area contributed by atoms with Crippen molar-refractivity contribution >= 4 is 28.7 Å². The highest BCUT2D eigenvalue weighted by molar-refractivity contribution is 6.12. The van der Waals surface area contributed by atoms with Gasteiger partial charge in [0.2, 0.25) is 11.8 Å². The van der Waals surface area contributed by atoms with Crippen LogP contribution < -0.4 is 11.1 Å². The summed E-state index contributed by atoms with van der Waals surface area (Å²) in [6.07, 6.45) is -3.72. The first-order chi connectivity index (χ1) is 13.2. The highest BCUT2D eigenvalue weighted by Crippen LogP contribution is 2.46. The third-order valence-electron chi connectivity index (χ3n) is 4.90. The number of nitrogens with two attached hydrogens (primary N) is 1. The molecule has 9 heteroatoms. The molecule has 1 fully saturated rings. The smallest absolute Gasteiger partial charge is 0.369 e. The number of H-pyrrole nitrogens is 1. The third kappa shape index (κ3) is 2.98. The zero-order valence-corrected chi connectivity index (χ0v) is 14.4. The zero-order valence-electron chi connectivity index (χ0n) is 14.4. The van der Waals surface area contributed by atoms with Crippen molar-refractivity contribution in [3.8, 4) is 11.3 Å². The summed E-state index contributed by atoms with van der Waals surface area (Å²) in [5.41, 5.74) is 3.90. The lowest BCUT2D eigenvalue weighted by atomic mass is 10.0. The summed E-state index contributed by atoms with van der Waals surface area (Å²) in [6.45, 7) is 0. The Hall–Kier alpha value is -3.36. The maximum Gasteiger partial charge on any atom is 0.417 e. The van der Waals surface area contributed by atoms with Crippen molar-refractivity contribution in [1.29, 1.82) is 0 Å². The van der Waals surface area contributed by atoms with E-state index in [0.717, 1.165) is 6.07 Å². The van der Waals surface area contributed by atoms with Crippen LogP contribution >= 0.6 is 0 Å².